The Bertz CT molecular complexity index is 1030. The highest BCUT2D eigenvalue weighted by Gasteiger charge is 2.32. The highest BCUT2D eigenvalue weighted by Crippen LogP contribution is 2.36. The number of thiocarbonyl (C=S) groups is 1. The number of nitriles is 1. The van der Waals surface area contributed by atoms with E-state index >= 15 is 0 Å². The number of hydrogen-bond donors (Lipinski definition) is 0. The number of nitrogens with zero attached hydrogens (tertiary/aromatic N) is 4. The van der Waals surface area contributed by atoms with Gasteiger partial charge in [-0.1, -0.05) is 49.8 Å². The summed E-state index contributed by atoms with van der Waals surface area (Å²) < 4.78 is 2.22. The summed E-state index contributed by atoms with van der Waals surface area (Å²) in [5.74, 6) is 0.655. The van der Waals surface area contributed by atoms with Crippen LogP contribution in [0.3, 0.4) is 0 Å². The van der Waals surface area contributed by atoms with Crippen LogP contribution in [-0.2, 0) is 11.3 Å². The fraction of sp³-hybridized carbons (Fsp3) is 0.478. The van der Waals surface area contributed by atoms with Crippen LogP contribution >= 0.6 is 24.0 Å². The first kappa shape index (κ1) is 23.3. The van der Waals surface area contributed by atoms with Gasteiger partial charge in [-0.15, -0.1) is 6.58 Å². The Balaban J connectivity index is 2.25. The molecule has 0 saturated carbocycles. The van der Waals surface area contributed by atoms with Crippen molar-refractivity contribution in [2.75, 3.05) is 24.5 Å². The fourth-order valence-corrected chi connectivity index (χ4v) is 5.37. The number of anilines is 1. The van der Waals surface area contributed by atoms with Crippen LogP contribution in [0.2, 0.25) is 0 Å². The second-order valence-corrected chi connectivity index (χ2v) is 9.46. The topological polar surface area (TPSA) is 69.3 Å². The molecule has 3 heterocycles. The van der Waals surface area contributed by atoms with E-state index in [-0.39, 0.29) is 17.0 Å². The Morgan fingerprint density at radius 3 is 2.48 bits per heavy atom. The van der Waals surface area contributed by atoms with Gasteiger partial charge in [0.2, 0.25) is 0 Å². The number of pyridine rings is 1. The van der Waals surface area contributed by atoms with Gasteiger partial charge >= 0.3 is 0 Å². The molecule has 31 heavy (non-hydrogen) atoms. The maximum atomic E-state index is 13.2. The van der Waals surface area contributed by atoms with Crippen molar-refractivity contribution in [2.45, 2.75) is 52.5 Å². The molecule has 0 N–H and O–H groups in total. The number of carbonyl (C=O) groups excluding carboxylic acids is 1. The Hall–Kier alpha value is -2.37. The smallest absolute Gasteiger partial charge is 0.270 e. The summed E-state index contributed by atoms with van der Waals surface area (Å²) in [5, 5.41) is 9.72. The summed E-state index contributed by atoms with van der Waals surface area (Å²) in [5.41, 5.74) is 1.27. The first-order valence-corrected chi connectivity index (χ1v) is 12.0. The van der Waals surface area contributed by atoms with Crippen molar-refractivity contribution in [3.05, 3.63) is 44.6 Å². The van der Waals surface area contributed by atoms with Gasteiger partial charge in [0.1, 0.15) is 21.8 Å². The molecule has 1 amide bonds. The van der Waals surface area contributed by atoms with Crippen LogP contribution in [0, 0.1) is 18.3 Å². The van der Waals surface area contributed by atoms with E-state index in [2.05, 4.69) is 17.5 Å². The zero-order valence-electron chi connectivity index (χ0n) is 18.1. The summed E-state index contributed by atoms with van der Waals surface area (Å²) in [6.07, 6.45) is 8.69. The molecule has 0 spiro atoms. The summed E-state index contributed by atoms with van der Waals surface area (Å²) in [6.45, 7) is 10.1. The van der Waals surface area contributed by atoms with E-state index in [1.165, 1.54) is 29.5 Å². The van der Waals surface area contributed by atoms with Crippen LogP contribution in [0.1, 0.15) is 55.7 Å². The van der Waals surface area contributed by atoms with Gasteiger partial charge in [0, 0.05) is 31.7 Å². The van der Waals surface area contributed by atoms with E-state index in [0.717, 1.165) is 43.7 Å². The summed E-state index contributed by atoms with van der Waals surface area (Å²) in [7, 11) is 0. The molecule has 2 aliphatic heterocycles. The standard InChI is InChI=1S/C23H28N4O2S2/c1-4-10-26-20(25-12-8-6-7-9-13-25)17(16(3)18(15-24)21(26)28)14-19-22(29)27(11-5-2)23(30)31-19/h5,14H,2,4,6-13H2,1,3H3/b19-14+. The zero-order chi connectivity index (χ0) is 22.5. The number of rotatable bonds is 6. The minimum Gasteiger partial charge on any atom is -0.357 e. The number of aromatic nitrogens is 1. The van der Waals surface area contributed by atoms with Gasteiger partial charge < -0.3 is 4.90 Å². The van der Waals surface area contributed by atoms with E-state index in [1.807, 2.05) is 13.0 Å². The average molecular weight is 457 g/mol. The second kappa shape index (κ2) is 10.3. The van der Waals surface area contributed by atoms with Crippen molar-refractivity contribution in [1.29, 1.82) is 5.26 Å². The third-order valence-electron chi connectivity index (χ3n) is 5.66. The van der Waals surface area contributed by atoms with E-state index < -0.39 is 0 Å². The Kier molecular flexibility index (Phi) is 7.74. The van der Waals surface area contributed by atoms with Gasteiger partial charge in [0.15, 0.2) is 0 Å². The lowest BCUT2D eigenvalue weighted by Crippen LogP contribution is -2.35. The zero-order valence-corrected chi connectivity index (χ0v) is 19.8. The lowest BCUT2D eigenvalue weighted by atomic mass is 10.0. The molecule has 3 rings (SSSR count). The quantitative estimate of drug-likeness (QED) is 0.363. The average Bonchev–Trinajstić information content (AvgIpc) is 2.94. The molecule has 2 aliphatic rings. The number of thioether (sulfide) groups is 1. The molecular formula is C23H28N4O2S2. The van der Waals surface area contributed by atoms with E-state index in [0.29, 0.717) is 27.9 Å². The highest BCUT2D eigenvalue weighted by atomic mass is 32.2. The fourth-order valence-electron chi connectivity index (χ4n) is 4.12. The van der Waals surface area contributed by atoms with Crippen LogP contribution in [0.5, 0.6) is 0 Å². The largest absolute Gasteiger partial charge is 0.357 e. The molecule has 0 aliphatic carbocycles. The molecule has 0 bridgehead atoms. The molecular weight excluding hydrogens is 428 g/mol. The van der Waals surface area contributed by atoms with Crippen LogP contribution in [0.4, 0.5) is 5.82 Å². The minimum atomic E-state index is -0.252. The van der Waals surface area contributed by atoms with Crippen molar-refractivity contribution in [1.82, 2.24) is 9.47 Å². The van der Waals surface area contributed by atoms with Gasteiger partial charge in [-0.2, -0.15) is 5.26 Å². The van der Waals surface area contributed by atoms with Crippen LogP contribution in [0.15, 0.2) is 22.4 Å². The van der Waals surface area contributed by atoms with Gasteiger partial charge in [-0.3, -0.25) is 19.1 Å². The van der Waals surface area contributed by atoms with Crippen molar-refractivity contribution >= 4 is 46.1 Å². The Morgan fingerprint density at radius 1 is 1.23 bits per heavy atom. The molecule has 6 nitrogen and oxygen atoms in total. The number of hydrogen-bond acceptors (Lipinski definition) is 6. The molecule has 2 saturated heterocycles. The van der Waals surface area contributed by atoms with Gasteiger partial charge in [-0.25, -0.2) is 0 Å². The van der Waals surface area contributed by atoms with Crippen LogP contribution in [-0.4, -0.2) is 39.3 Å². The van der Waals surface area contributed by atoms with Gasteiger partial charge in [-0.05, 0) is 37.8 Å². The molecule has 2 fully saturated rings. The molecule has 1 aromatic heterocycles. The molecule has 164 valence electrons. The van der Waals surface area contributed by atoms with E-state index in [4.69, 9.17) is 12.2 Å². The molecule has 0 atom stereocenters. The predicted molar refractivity (Wildman–Crippen MR) is 131 cm³/mol. The number of carbonyl (C=O) groups is 1. The molecule has 0 radical (unpaired) electrons. The third kappa shape index (κ3) is 4.63. The summed E-state index contributed by atoms with van der Waals surface area (Å²) >= 11 is 6.64. The molecule has 0 unspecified atom stereocenters. The maximum absolute atomic E-state index is 13.2. The molecule has 8 heteroatoms. The van der Waals surface area contributed by atoms with Crippen molar-refractivity contribution in [2.24, 2.45) is 0 Å². The van der Waals surface area contributed by atoms with Crippen molar-refractivity contribution in [3.63, 3.8) is 0 Å². The highest BCUT2D eigenvalue weighted by molar-refractivity contribution is 8.26. The third-order valence-corrected chi connectivity index (χ3v) is 7.04. The monoisotopic (exact) mass is 456 g/mol. The van der Waals surface area contributed by atoms with Gasteiger partial charge in [0.05, 0.1) is 4.91 Å². The van der Waals surface area contributed by atoms with Crippen molar-refractivity contribution < 1.29 is 4.79 Å². The van der Waals surface area contributed by atoms with Crippen LogP contribution in [0.25, 0.3) is 6.08 Å². The second-order valence-electron chi connectivity index (χ2n) is 7.79. The normalized spacial score (nSPS) is 18.4. The SMILES string of the molecule is C=CCN1C(=O)/C(=C\c2c(C)c(C#N)c(=O)n(CCC)c2N2CCCCCC2)SC1=S. The Morgan fingerprint density at radius 2 is 1.90 bits per heavy atom. The first-order valence-electron chi connectivity index (χ1n) is 10.7. The van der Waals surface area contributed by atoms with Crippen molar-refractivity contribution in [3.8, 4) is 6.07 Å². The van der Waals surface area contributed by atoms with Crippen LogP contribution < -0.4 is 10.5 Å². The lowest BCUT2D eigenvalue weighted by Gasteiger charge is -2.29. The predicted octanol–water partition coefficient (Wildman–Crippen LogP) is 4.21. The summed E-state index contributed by atoms with van der Waals surface area (Å²) in [6, 6.07) is 2.10. The summed E-state index contributed by atoms with van der Waals surface area (Å²) in [4.78, 5) is 30.4. The Labute approximate surface area is 193 Å². The van der Waals surface area contributed by atoms with E-state index in [1.54, 1.807) is 17.6 Å². The lowest BCUT2D eigenvalue weighted by molar-refractivity contribution is -0.121. The maximum Gasteiger partial charge on any atom is 0.270 e. The molecule has 1 aromatic rings. The minimum absolute atomic E-state index is 0.139. The molecule has 0 aromatic carbocycles. The first-order chi connectivity index (χ1) is 14.9. The van der Waals surface area contributed by atoms with Gasteiger partial charge in [0.25, 0.3) is 11.5 Å². The van der Waals surface area contributed by atoms with E-state index in [9.17, 15) is 14.9 Å². The number of amides is 1.